The van der Waals surface area contributed by atoms with E-state index < -0.39 is 0 Å². The fourth-order valence-corrected chi connectivity index (χ4v) is 3.54. The third-order valence-electron chi connectivity index (χ3n) is 3.92. The largest absolute Gasteiger partial charge is 0.454 e. The molecule has 1 aliphatic heterocycles. The average Bonchev–Trinajstić information content (AvgIpc) is 3.09. The van der Waals surface area contributed by atoms with Gasteiger partial charge in [-0.1, -0.05) is 11.6 Å². The van der Waals surface area contributed by atoms with Crippen LogP contribution in [0, 0.1) is 0 Å². The first-order valence-corrected chi connectivity index (χ1v) is 9.48. The van der Waals surface area contributed by atoms with Gasteiger partial charge in [0.05, 0.1) is 10.3 Å². The van der Waals surface area contributed by atoms with E-state index in [1.807, 2.05) is 19.1 Å². The van der Waals surface area contributed by atoms with Gasteiger partial charge in [-0.2, -0.15) is 0 Å². The van der Waals surface area contributed by atoms with Gasteiger partial charge >= 0.3 is 0 Å². The Kier molecular flexibility index (Phi) is 5.74. The van der Waals surface area contributed by atoms with Crippen molar-refractivity contribution < 1.29 is 19.1 Å². The molecule has 1 unspecified atom stereocenters. The highest BCUT2D eigenvalue weighted by Crippen LogP contribution is 2.40. The third kappa shape index (κ3) is 4.31. The number of rotatable bonds is 6. The maximum absolute atomic E-state index is 12.3. The number of hydrogen-bond donors (Lipinski definition) is 1. The quantitative estimate of drug-likeness (QED) is 0.733. The van der Waals surface area contributed by atoms with Crippen LogP contribution in [0.5, 0.6) is 11.5 Å². The van der Waals surface area contributed by atoms with Crippen molar-refractivity contribution in [2.45, 2.75) is 24.9 Å². The van der Waals surface area contributed by atoms with Crippen molar-refractivity contribution in [1.82, 2.24) is 0 Å². The molecule has 1 aliphatic rings. The van der Waals surface area contributed by atoms with E-state index in [2.05, 4.69) is 5.32 Å². The first-order chi connectivity index (χ1) is 12.4. The van der Waals surface area contributed by atoms with Crippen molar-refractivity contribution in [3.05, 3.63) is 52.5 Å². The second-order valence-electron chi connectivity index (χ2n) is 5.89. The van der Waals surface area contributed by atoms with Crippen molar-refractivity contribution in [3.8, 4) is 11.5 Å². The van der Waals surface area contributed by atoms with Crippen LogP contribution in [-0.4, -0.2) is 23.7 Å². The molecule has 2 aromatic carbocycles. The summed E-state index contributed by atoms with van der Waals surface area (Å²) in [5.41, 5.74) is 2.25. The fraction of sp³-hybridized carbons (Fsp3) is 0.263. The molecular formula is C19H18ClNO4S. The summed E-state index contributed by atoms with van der Waals surface area (Å²) in [6.07, 6.45) is 0. The summed E-state index contributed by atoms with van der Waals surface area (Å²) in [6.45, 7) is 3.53. The minimum atomic E-state index is -0.258. The number of ketones is 1. The Bertz CT molecular complexity index is 838. The maximum Gasteiger partial charge on any atom is 0.237 e. The number of carbonyl (C=O) groups excluding carboxylic acids is 2. The molecule has 7 heteroatoms. The number of Topliss-reactive ketones (excluding diaryl/α,β-unsaturated/α-hetero) is 1. The minimum Gasteiger partial charge on any atom is -0.454 e. The fourth-order valence-electron chi connectivity index (χ4n) is 2.43. The Hall–Kier alpha value is -2.18. The third-order valence-corrected chi connectivity index (χ3v) is 5.41. The molecule has 3 rings (SSSR count). The topological polar surface area (TPSA) is 64.6 Å². The monoisotopic (exact) mass is 391 g/mol. The zero-order valence-electron chi connectivity index (χ0n) is 14.4. The van der Waals surface area contributed by atoms with E-state index in [0.717, 1.165) is 5.56 Å². The van der Waals surface area contributed by atoms with E-state index >= 15 is 0 Å². The summed E-state index contributed by atoms with van der Waals surface area (Å²) in [5, 5.41) is 3.11. The van der Waals surface area contributed by atoms with Gasteiger partial charge in [0.2, 0.25) is 12.7 Å². The van der Waals surface area contributed by atoms with E-state index in [1.165, 1.54) is 18.7 Å². The molecule has 136 valence electrons. The average molecular weight is 392 g/mol. The molecule has 0 aromatic heterocycles. The van der Waals surface area contributed by atoms with E-state index in [-0.39, 0.29) is 23.7 Å². The van der Waals surface area contributed by atoms with Gasteiger partial charge in [-0.15, -0.1) is 11.8 Å². The molecule has 0 spiro atoms. The molecule has 0 radical (unpaired) electrons. The summed E-state index contributed by atoms with van der Waals surface area (Å²) in [5.74, 6) is 1.72. The second kappa shape index (κ2) is 8.01. The normalized spacial score (nSPS) is 13.3. The van der Waals surface area contributed by atoms with Crippen LogP contribution in [0.1, 0.15) is 29.8 Å². The summed E-state index contributed by atoms with van der Waals surface area (Å²) < 4.78 is 10.7. The van der Waals surface area contributed by atoms with E-state index in [1.54, 1.807) is 24.3 Å². The Morgan fingerprint density at radius 2 is 1.96 bits per heavy atom. The maximum atomic E-state index is 12.3. The minimum absolute atomic E-state index is 0.00538. The molecule has 1 atom stereocenters. The van der Waals surface area contributed by atoms with Crippen molar-refractivity contribution in [2.75, 3.05) is 12.1 Å². The van der Waals surface area contributed by atoms with Gasteiger partial charge in [-0.05, 0) is 55.8 Å². The number of halogens is 1. The predicted molar refractivity (Wildman–Crippen MR) is 103 cm³/mol. The van der Waals surface area contributed by atoms with Gasteiger partial charge in [-0.25, -0.2) is 0 Å². The van der Waals surface area contributed by atoms with Gasteiger partial charge in [-0.3, -0.25) is 9.59 Å². The number of carbonyl (C=O) groups is 2. The summed E-state index contributed by atoms with van der Waals surface area (Å²) >= 11 is 7.68. The van der Waals surface area contributed by atoms with Crippen molar-refractivity contribution >= 4 is 40.7 Å². The first kappa shape index (κ1) is 18.6. The molecule has 0 fully saturated rings. The lowest BCUT2D eigenvalue weighted by Gasteiger charge is -2.13. The molecule has 5 nitrogen and oxygen atoms in total. The van der Waals surface area contributed by atoms with E-state index in [0.29, 0.717) is 33.5 Å². The predicted octanol–water partition coefficient (Wildman–Crippen LogP) is 4.53. The lowest BCUT2D eigenvalue weighted by atomic mass is 10.1. The number of nitrogens with one attached hydrogen (secondary N) is 1. The lowest BCUT2D eigenvalue weighted by molar-refractivity contribution is -0.115. The van der Waals surface area contributed by atoms with Crippen molar-refractivity contribution in [1.29, 1.82) is 0 Å². The zero-order valence-corrected chi connectivity index (χ0v) is 15.9. The number of thioether (sulfide) groups is 1. The molecule has 2 aromatic rings. The SMILES string of the molecule is CC(=O)c1ccc(NC(=O)C(C)SCc2cc(Cl)c3c(c2)OCO3)cc1. The van der Waals surface area contributed by atoms with Crippen molar-refractivity contribution in [3.63, 3.8) is 0 Å². The van der Waals surface area contributed by atoms with E-state index in [9.17, 15) is 9.59 Å². The van der Waals surface area contributed by atoms with Crippen LogP contribution in [0.2, 0.25) is 5.02 Å². The summed E-state index contributed by atoms with van der Waals surface area (Å²) in [6, 6.07) is 10.6. The van der Waals surface area contributed by atoms with Crippen molar-refractivity contribution in [2.24, 2.45) is 0 Å². The number of anilines is 1. The van der Waals surface area contributed by atoms with Gasteiger partial charge in [0.25, 0.3) is 0 Å². The van der Waals surface area contributed by atoms with Crippen LogP contribution in [0.3, 0.4) is 0 Å². The standard InChI is InChI=1S/C19H18ClNO4S/c1-11(22)14-3-5-15(6-4-14)21-19(23)12(2)26-9-13-7-16(20)18-17(8-13)24-10-25-18/h3-8,12H,9-10H2,1-2H3,(H,21,23). The highest BCUT2D eigenvalue weighted by atomic mass is 35.5. The molecule has 0 aliphatic carbocycles. The zero-order chi connectivity index (χ0) is 18.7. The number of ether oxygens (including phenoxy) is 2. The Labute approximate surface area is 161 Å². The van der Waals surface area contributed by atoms with Crippen LogP contribution in [0.15, 0.2) is 36.4 Å². The highest BCUT2D eigenvalue weighted by molar-refractivity contribution is 7.99. The number of benzene rings is 2. The van der Waals surface area contributed by atoms with Gasteiger partial charge in [0, 0.05) is 17.0 Å². The Morgan fingerprint density at radius 3 is 2.65 bits per heavy atom. The van der Waals surface area contributed by atoms with Gasteiger partial charge < -0.3 is 14.8 Å². The molecule has 26 heavy (non-hydrogen) atoms. The number of amides is 1. The molecule has 1 amide bonds. The lowest BCUT2D eigenvalue weighted by Crippen LogP contribution is -2.22. The van der Waals surface area contributed by atoms with Crippen LogP contribution in [0.25, 0.3) is 0 Å². The summed E-state index contributed by atoms with van der Waals surface area (Å²) in [4.78, 5) is 23.6. The van der Waals surface area contributed by atoms with E-state index in [4.69, 9.17) is 21.1 Å². The van der Waals surface area contributed by atoms with Gasteiger partial charge in [0.1, 0.15) is 0 Å². The van der Waals surface area contributed by atoms with Gasteiger partial charge in [0.15, 0.2) is 17.3 Å². The first-order valence-electron chi connectivity index (χ1n) is 8.05. The Balaban J connectivity index is 1.56. The highest BCUT2D eigenvalue weighted by Gasteiger charge is 2.19. The smallest absolute Gasteiger partial charge is 0.237 e. The van der Waals surface area contributed by atoms with Crippen LogP contribution < -0.4 is 14.8 Å². The Morgan fingerprint density at radius 1 is 1.23 bits per heavy atom. The van der Waals surface area contributed by atoms with Crippen LogP contribution >= 0.6 is 23.4 Å². The molecule has 1 N–H and O–H groups in total. The van der Waals surface area contributed by atoms with Crippen LogP contribution in [0.4, 0.5) is 5.69 Å². The van der Waals surface area contributed by atoms with Crippen LogP contribution in [-0.2, 0) is 10.5 Å². The molecule has 0 saturated carbocycles. The molecule has 0 bridgehead atoms. The molecule has 0 saturated heterocycles. The number of hydrogen-bond acceptors (Lipinski definition) is 5. The molecule has 1 heterocycles. The summed E-state index contributed by atoms with van der Waals surface area (Å²) in [7, 11) is 0. The second-order valence-corrected chi connectivity index (χ2v) is 7.62. The molecular weight excluding hydrogens is 374 g/mol. The number of fused-ring (bicyclic) bond motifs is 1.